The standard InChI is InChI=1S/C9H14N2O2/c1-6-3-4-13-8(6)9(12)11-7(2)5-10/h6-8H,3-4H2,1-2H3,(H,11,12)/t6-,7-,8+/m1/s1. The summed E-state index contributed by atoms with van der Waals surface area (Å²) in [5, 5.41) is 11.1. The molecule has 0 aromatic carbocycles. The second kappa shape index (κ2) is 4.24. The Hall–Kier alpha value is -1.08. The van der Waals surface area contributed by atoms with Crippen LogP contribution >= 0.6 is 0 Å². The highest BCUT2D eigenvalue weighted by molar-refractivity contribution is 5.81. The molecule has 1 saturated heterocycles. The highest BCUT2D eigenvalue weighted by atomic mass is 16.5. The van der Waals surface area contributed by atoms with E-state index in [4.69, 9.17) is 10.00 Å². The first kappa shape index (κ1) is 10.0. The molecule has 4 nitrogen and oxygen atoms in total. The van der Waals surface area contributed by atoms with Crippen molar-refractivity contribution in [2.75, 3.05) is 6.61 Å². The molecule has 1 heterocycles. The molecule has 1 N–H and O–H groups in total. The molecule has 1 aliphatic heterocycles. The first-order chi connectivity index (χ1) is 6.15. The highest BCUT2D eigenvalue weighted by Crippen LogP contribution is 2.19. The van der Waals surface area contributed by atoms with Crippen molar-refractivity contribution in [1.29, 1.82) is 5.26 Å². The zero-order chi connectivity index (χ0) is 9.84. The van der Waals surface area contributed by atoms with Crippen LogP contribution in [-0.2, 0) is 9.53 Å². The third kappa shape index (κ3) is 2.43. The molecule has 0 bridgehead atoms. The summed E-state index contributed by atoms with van der Waals surface area (Å²) in [6.07, 6.45) is 0.551. The molecule has 3 atom stereocenters. The van der Waals surface area contributed by atoms with Gasteiger partial charge in [0.15, 0.2) is 0 Å². The molecule has 0 aliphatic carbocycles. The summed E-state index contributed by atoms with van der Waals surface area (Å²) in [5.41, 5.74) is 0. The number of nitrogens with zero attached hydrogens (tertiary/aromatic N) is 1. The number of hydrogen-bond donors (Lipinski definition) is 1. The van der Waals surface area contributed by atoms with Crippen LogP contribution in [0, 0.1) is 17.2 Å². The van der Waals surface area contributed by atoms with Crippen molar-refractivity contribution in [3.8, 4) is 6.07 Å². The molecule has 1 fully saturated rings. The Labute approximate surface area is 77.9 Å². The predicted molar refractivity (Wildman–Crippen MR) is 46.7 cm³/mol. The van der Waals surface area contributed by atoms with E-state index in [9.17, 15) is 4.79 Å². The monoisotopic (exact) mass is 182 g/mol. The van der Waals surface area contributed by atoms with Gasteiger partial charge in [-0.2, -0.15) is 5.26 Å². The van der Waals surface area contributed by atoms with Crippen molar-refractivity contribution in [2.45, 2.75) is 32.4 Å². The van der Waals surface area contributed by atoms with Gasteiger partial charge in [-0.3, -0.25) is 4.79 Å². The van der Waals surface area contributed by atoms with Crippen LogP contribution in [0.1, 0.15) is 20.3 Å². The smallest absolute Gasteiger partial charge is 0.250 e. The Morgan fingerprint density at radius 1 is 1.77 bits per heavy atom. The van der Waals surface area contributed by atoms with Crippen LogP contribution in [0.3, 0.4) is 0 Å². The number of nitriles is 1. The minimum absolute atomic E-state index is 0.168. The Kier molecular flexibility index (Phi) is 3.26. The van der Waals surface area contributed by atoms with E-state index in [0.29, 0.717) is 6.61 Å². The van der Waals surface area contributed by atoms with Crippen LogP contribution in [0.15, 0.2) is 0 Å². The zero-order valence-corrected chi connectivity index (χ0v) is 7.91. The van der Waals surface area contributed by atoms with E-state index in [1.54, 1.807) is 6.92 Å². The van der Waals surface area contributed by atoms with Crippen LogP contribution in [0.5, 0.6) is 0 Å². The zero-order valence-electron chi connectivity index (χ0n) is 7.91. The fourth-order valence-electron chi connectivity index (χ4n) is 1.36. The van der Waals surface area contributed by atoms with Gasteiger partial charge >= 0.3 is 0 Å². The van der Waals surface area contributed by atoms with E-state index in [1.165, 1.54) is 0 Å². The molecule has 0 radical (unpaired) electrons. The maximum absolute atomic E-state index is 11.4. The molecule has 0 spiro atoms. The molecule has 0 saturated carbocycles. The summed E-state index contributed by atoms with van der Waals surface area (Å²) < 4.78 is 5.25. The van der Waals surface area contributed by atoms with E-state index in [0.717, 1.165) is 6.42 Å². The van der Waals surface area contributed by atoms with Gasteiger partial charge in [0.25, 0.3) is 0 Å². The largest absolute Gasteiger partial charge is 0.368 e. The molecule has 1 rings (SSSR count). The van der Waals surface area contributed by atoms with E-state index < -0.39 is 6.04 Å². The molecule has 13 heavy (non-hydrogen) atoms. The number of nitrogens with one attached hydrogen (secondary N) is 1. The Morgan fingerprint density at radius 3 is 2.92 bits per heavy atom. The summed E-state index contributed by atoms with van der Waals surface area (Å²) in [6.45, 7) is 4.27. The maximum Gasteiger partial charge on any atom is 0.250 e. The Bertz CT molecular complexity index is 234. The van der Waals surface area contributed by atoms with Gasteiger partial charge in [-0.15, -0.1) is 0 Å². The molecular weight excluding hydrogens is 168 g/mol. The molecule has 1 aliphatic rings. The van der Waals surface area contributed by atoms with Gasteiger partial charge in [0.05, 0.1) is 6.07 Å². The van der Waals surface area contributed by atoms with Crippen LogP contribution in [0.25, 0.3) is 0 Å². The SMILES string of the molecule is C[C@H](C#N)NC(=O)[C@H]1OCC[C@H]1C. The summed E-state index contributed by atoms with van der Waals surface area (Å²) in [5.74, 6) is 0.0879. The van der Waals surface area contributed by atoms with Gasteiger partial charge in [-0.1, -0.05) is 6.92 Å². The average Bonchev–Trinajstić information content (AvgIpc) is 2.51. The number of carbonyl (C=O) groups excluding carboxylic acids is 1. The second-order valence-electron chi connectivity index (χ2n) is 3.42. The van der Waals surface area contributed by atoms with Crippen molar-refractivity contribution < 1.29 is 9.53 Å². The first-order valence-corrected chi connectivity index (χ1v) is 4.46. The topological polar surface area (TPSA) is 62.1 Å². The lowest BCUT2D eigenvalue weighted by molar-refractivity contribution is -0.131. The van der Waals surface area contributed by atoms with Gasteiger partial charge in [0.2, 0.25) is 5.91 Å². The van der Waals surface area contributed by atoms with Crippen molar-refractivity contribution >= 4 is 5.91 Å². The minimum atomic E-state index is -0.441. The Morgan fingerprint density at radius 2 is 2.46 bits per heavy atom. The van der Waals surface area contributed by atoms with E-state index >= 15 is 0 Å². The molecule has 0 aromatic heterocycles. The van der Waals surface area contributed by atoms with Crippen LogP contribution in [0.2, 0.25) is 0 Å². The molecule has 72 valence electrons. The maximum atomic E-state index is 11.4. The third-order valence-corrected chi connectivity index (χ3v) is 2.20. The minimum Gasteiger partial charge on any atom is -0.368 e. The lowest BCUT2D eigenvalue weighted by Crippen LogP contribution is -2.41. The molecular formula is C9H14N2O2. The van der Waals surface area contributed by atoms with Crippen molar-refractivity contribution in [2.24, 2.45) is 5.92 Å². The number of carbonyl (C=O) groups is 1. The quantitative estimate of drug-likeness (QED) is 0.674. The van der Waals surface area contributed by atoms with Gasteiger partial charge in [0, 0.05) is 6.61 Å². The predicted octanol–water partition coefficient (Wildman–Crippen LogP) is 0.440. The molecule has 0 aromatic rings. The number of rotatable bonds is 2. The van der Waals surface area contributed by atoms with Crippen LogP contribution in [-0.4, -0.2) is 24.7 Å². The number of ether oxygens (including phenoxy) is 1. The van der Waals surface area contributed by atoms with Gasteiger partial charge in [-0.05, 0) is 19.3 Å². The van der Waals surface area contributed by atoms with Gasteiger partial charge in [0.1, 0.15) is 12.1 Å². The van der Waals surface area contributed by atoms with Crippen molar-refractivity contribution in [3.63, 3.8) is 0 Å². The Balaban J connectivity index is 2.44. The van der Waals surface area contributed by atoms with Gasteiger partial charge in [-0.25, -0.2) is 0 Å². The second-order valence-corrected chi connectivity index (χ2v) is 3.42. The molecule has 4 heteroatoms. The van der Waals surface area contributed by atoms with Crippen molar-refractivity contribution in [3.05, 3.63) is 0 Å². The van der Waals surface area contributed by atoms with E-state index in [2.05, 4.69) is 5.32 Å². The average molecular weight is 182 g/mol. The van der Waals surface area contributed by atoms with Crippen molar-refractivity contribution in [1.82, 2.24) is 5.32 Å². The lowest BCUT2D eigenvalue weighted by Gasteiger charge is -2.15. The highest BCUT2D eigenvalue weighted by Gasteiger charge is 2.31. The summed E-state index contributed by atoms with van der Waals surface area (Å²) in [6, 6.07) is 1.51. The number of hydrogen-bond acceptors (Lipinski definition) is 3. The fourth-order valence-corrected chi connectivity index (χ4v) is 1.36. The fraction of sp³-hybridized carbons (Fsp3) is 0.778. The lowest BCUT2D eigenvalue weighted by atomic mass is 10.0. The normalized spacial score (nSPS) is 29.3. The van der Waals surface area contributed by atoms with Crippen LogP contribution < -0.4 is 5.32 Å². The summed E-state index contributed by atoms with van der Waals surface area (Å²) >= 11 is 0. The third-order valence-electron chi connectivity index (χ3n) is 2.20. The first-order valence-electron chi connectivity index (χ1n) is 4.46. The summed E-state index contributed by atoms with van der Waals surface area (Å²) in [7, 11) is 0. The number of amides is 1. The van der Waals surface area contributed by atoms with E-state index in [-0.39, 0.29) is 17.9 Å². The van der Waals surface area contributed by atoms with Gasteiger partial charge < -0.3 is 10.1 Å². The van der Waals surface area contributed by atoms with E-state index in [1.807, 2.05) is 13.0 Å². The van der Waals surface area contributed by atoms with Crippen LogP contribution in [0.4, 0.5) is 0 Å². The molecule has 0 unspecified atom stereocenters. The molecule has 1 amide bonds. The summed E-state index contributed by atoms with van der Waals surface area (Å²) in [4.78, 5) is 11.4.